The fraction of sp³-hybridized carbons (Fsp3) is 0.474. The van der Waals surface area contributed by atoms with Crippen molar-refractivity contribution in [1.82, 2.24) is 20.3 Å². The minimum absolute atomic E-state index is 0.0863. The summed E-state index contributed by atoms with van der Waals surface area (Å²) < 4.78 is 5.28. The Kier molecular flexibility index (Phi) is 5.83. The quantitative estimate of drug-likeness (QED) is 0.867. The topological polar surface area (TPSA) is 61.6 Å². The van der Waals surface area contributed by atoms with E-state index in [1.807, 2.05) is 50.2 Å². The second-order valence-corrected chi connectivity index (χ2v) is 6.63. The maximum absolute atomic E-state index is 12.4. The third-order valence-electron chi connectivity index (χ3n) is 4.70. The molecule has 0 spiro atoms. The van der Waals surface area contributed by atoms with E-state index in [1.165, 1.54) is 0 Å². The molecule has 1 saturated heterocycles. The van der Waals surface area contributed by atoms with Gasteiger partial charge in [0.05, 0.1) is 18.3 Å². The Hall–Kier alpha value is -2.18. The first-order valence-corrected chi connectivity index (χ1v) is 8.82. The number of piperazine rings is 1. The highest BCUT2D eigenvalue weighted by Crippen LogP contribution is 2.11. The summed E-state index contributed by atoms with van der Waals surface area (Å²) in [4.78, 5) is 17.0. The molecule has 25 heavy (non-hydrogen) atoms. The van der Waals surface area contributed by atoms with Crippen molar-refractivity contribution in [3.63, 3.8) is 0 Å². The first kappa shape index (κ1) is 17.6. The number of nitrogens with one attached hydrogen (secondary N) is 1. The maximum Gasteiger partial charge on any atom is 0.237 e. The average Bonchev–Trinajstić information content (AvgIpc) is 3.05. The maximum atomic E-state index is 12.4. The molecule has 1 amide bonds. The first-order valence-electron chi connectivity index (χ1n) is 8.82. The van der Waals surface area contributed by atoms with Crippen molar-refractivity contribution < 1.29 is 9.32 Å². The summed E-state index contributed by atoms with van der Waals surface area (Å²) in [6.07, 6.45) is 0. The van der Waals surface area contributed by atoms with Gasteiger partial charge in [0, 0.05) is 38.8 Å². The highest BCUT2D eigenvalue weighted by Gasteiger charge is 2.25. The zero-order chi connectivity index (χ0) is 17.6. The molecule has 1 aromatic carbocycles. The van der Waals surface area contributed by atoms with E-state index in [0.717, 1.165) is 49.7 Å². The van der Waals surface area contributed by atoms with E-state index >= 15 is 0 Å². The number of hydrogen-bond acceptors (Lipinski definition) is 5. The summed E-state index contributed by atoms with van der Waals surface area (Å²) in [5, 5.41) is 6.96. The van der Waals surface area contributed by atoms with Gasteiger partial charge in [0.25, 0.3) is 0 Å². The Bertz CT molecular complexity index is 678. The number of amides is 1. The van der Waals surface area contributed by atoms with Crippen LogP contribution in [-0.2, 0) is 17.9 Å². The molecular formula is C19H26N4O2. The molecule has 1 N–H and O–H groups in total. The van der Waals surface area contributed by atoms with Crippen LogP contribution < -0.4 is 5.32 Å². The van der Waals surface area contributed by atoms with Gasteiger partial charge in [-0.3, -0.25) is 14.6 Å². The number of benzene rings is 1. The number of rotatable bonds is 6. The molecule has 0 aliphatic carbocycles. The molecule has 1 aliphatic rings. The second kappa shape index (κ2) is 8.27. The van der Waals surface area contributed by atoms with Crippen LogP contribution in [0.1, 0.15) is 23.9 Å². The number of nitrogens with zero attached hydrogens (tertiary/aromatic N) is 3. The summed E-state index contributed by atoms with van der Waals surface area (Å²) in [6.45, 7) is 8.89. The Morgan fingerprint density at radius 2 is 1.96 bits per heavy atom. The van der Waals surface area contributed by atoms with Gasteiger partial charge in [0.1, 0.15) is 0 Å². The van der Waals surface area contributed by atoms with Crippen molar-refractivity contribution in [1.29, 1.82) is 0 Å². The van der Waals surface area contributed by atoms with E-state index in [4.69, 9.17) is 4.52 Å². The van der Waals surface area contributed by atoms with Crippen molar-refractivity contribution in [2.75, 3.05) is 26.2 Å². The van der Waals surface area contributed by atoms with Crippen LogP contribution in [-0.4, -0.2) is 53.1 Å². The van der Waals surface area contributed by atoms with Gasteiger partial charge in [-0.1, -0.05) is 35.5 Å². The Morgan fingerprint density at radius 1 is 1.24 bits per heavy atom. The van der Waals surface area contributed by atoms with Crippen LogP contribution in [0.25, 0.3) is 0 Å². The van der Waals surface area contributed by atoms with Gasteiger partial charge in [-0.15, -0.1) is 0 Å². The van der Waals surface area contributed by atoms with Gasteiger partial charge in [0.2, 0.25) is 5.91 Å². The van der Waals surface area contributed by atoms with Crippen molar-refractivity contribution in [2.45, 2.75) is 33.0 Å². The van der Waals surface area contributed by atoms with Gasteiger partial charge >= 0.3 is 0 Å². The average molecular weight is 342 g/mol. The van der Waals surface area contributed by atoms with Crippen molar-refractivity contribution in [3.05, 3.63) is 53.4 Å². The highest BCUT2D eigenvalue weighted by atomic mass is 16.5. The molecule has 0 saturated carbocycles. The lowest BCUT2D eigenvalue weighted by atomic mass is 10.2. The van der Waals surface area contributed by atoms with Gasteiger partial charge in [0.15, 0.2) is 5.76 Å². The SMILES string of the molecule is Cc1cc(CN2CCN(C(C)C(=O)NCc3ccccc3)CC2)on1. The summed E-state index contributed by atoms with van der Waals surface area (Å²) in [6, 6.07) is 11.9. The molecule has 1 aliphatic heterocycles. The van der Waals surface area contributed by atoms with Crippen molar-refractivity contribution >= 4 is 5.91 Å². The fourth-order valence-electron chi connectivity index (χ4n) is 3.12. The number of aryl methyl sites for hydroxylation is 1. The molecular weight excluding hydrogens is 316 g/mol. The van der Waals surface area contributed by atoms with Crippen LogP contribution in [0, 0.1) is 6.92 Å². The summed E-state index contributed by atoms with van der Waals surface area (Å²) in [5.41, 5.74) is 2.03. The largest absolute Gasteiger partial charge is 0.360 e. The third-order valence-corrected chi connectivity index (χ3v) is 4.70. The standard InChI is InChI=1S/C19H26N4O2/c1-15-12-18(25-21-15)14-22-8-10-23(11-9-22)16(2)19(24)20-13-17-6-4-3-5-7-17/h3-7,12,16H,8-11,13-14H2,1-2H3,(H,20,24). The molecule has 0 radical (unpaired) electrons. The number of aromatic nitrogens is 1. The third kappa shape index (κ3) is 4.90. The molecule has 2 aromatic rings. The van der Waals surface area contributed by atoms with Gasteiger partial charge in [-0.05, 0) is 19.4 Å². The predicted octanol–water partition coefficient (Wildman–Crippen LogP) is 1.81. The number of carbonyl (C=O) groups is 1. The Morgan fingerprint density at radius 3 is 2.60 bits per heavy atom. The van der Waals surface area contributed by atoms with Crippen molar-refractivity contribution in [2.24, 2.45) is 0 Å². The van der Waals surface area contributed by atoms with Crippen LogP contribution in [0.3, 0.4) is 0 Å². The number of hydrogen-bond donors (Lipinski definition) is 1. The lowest BCUT2D eigenvalue weighted by Gasteiger charge is -2.37. The second-order valence-electron chi connectivity index (χ2n) is 6.63. The van der Waals surface area contributed by atoms with Crippen LogP contribution in [0.5, 0.6) is 0 Å². The molecule has 1 fully saturated rings. The smallest absolute Gasteiger partial charge is 0.237 e. The van der Waals surface area contributed by atoms with E-state index in [0.29, 0.717) is 6.54 Å². The van der Waals surface area contributed by atoms with Crippen molar-refractivity contribution in [3.8, 4) is 0 Å². The van der Waals surface area contributed by atoms with Crippen LogP contribution in [0.4, 0.5) is 0 Å². The molecule has 3 rings (SSSR count). The van der Waals surface area contributed by atoms with E-state index < -0.39 is 0 Å². The lowest BCUT2D eigenvalue weighted by Crippen LogP contribution is -2.53. The molecule has 0 bridgehead atoms. The highest BCUT2D eigenvalue weighted by molar-refractivity contribution is 5.81. The van der Waals surface area contributed by atoms with Gasteiger partial charge < -0.3 is 9.84 Å². The molecule has 134 valence electrons. The lowest BCUT2D eigenvalue weighted by molar-refractivity contribution is -0.126. The summed E-state index contributed by atoms with van der Waals surface area (Å²) in [5.74, 6) is 0.989. The van der Waals surface area contributed by atoms with E-state index in [-0.39, 0.29) is 11.9 Å². The summed E-state index contributed by atoms with van der Waals surface area (Å²) in [7, 11) is 0. The minimum Gasteiger partial charge on any atom is -0.360 e. The first-order chi connectivity index (χ1) is 12.1. The van der Waals surface area contributed by atoms with Gasteiger partial charge in [-0.2, -0.15) is 0 Å². The zero-order valence-corrected chi connectivity index (χ0v) is 14.9. The van der Waals surface area contributed by atoms with Crippen LogP contribution >= 0.6 is 0 Å². The number of carbonyl (C=O) groups excluding carboxylic acids is 1. The molecule has 1 unspecified atom stereocenters. The van der Waals surface area contributed by atoms with E-state index in [1.54, 1.807) is 0 Å². The Labute approximate surface area is 148 Å². The normalized spacial score (nSPS) is 17.4. The van der Waals surface area contributed by atoms with Crippen LogP contribution in [0.2, 0.25) is 0 Å². The molecule has 6 nitrogen and oxygen atoms in total. The monoisotopic (exact) mass is 342 g/mol. The minimum atomic E-state index is -0.113. The summed E-state index contributed by atoms with van der Waals surface area (Å²) >= 11 is 0. The fourth-order valence-corrected chi connectivity index (χ4v) is 3.12. The predicted molar refractivity (Wildman–Crippen MR) is 95.8 cm³/mol. The molecule has 1 aromatic heterocycles. The molecule has 6 heteroatoms. The van der Waals surface area contributed by atoms with E-state index in [9.17, 15) is 4.79 Å². The molecule has 1 atom stereocenters. The van der Waals surface area contributed by atoms with E-state index in [2.05, 4.69) is 20.3 Å². The van der Waals surface area contributed by atoms with Gasteiger partial charge in [-0.25, -0.2) is 0 Å². The molecule has 2 heterocycles. The van der Waals surface area contributed by atoms with Crippen LogP contribution in [0.15, 0.2) is 40.9 Å². The Balaban J connectivity index is 1.42. The zero-order valence-electron chi connectivity index (χ0n) is 14.9.